The summed E-state index contributed by atoms with van der Waals surface area (Å²) in [5.41, 5.74) is 0.296. The molecule has 2 saturated heterocycles. The van der Waals surface area contributed by atoms with Gasteiger partial charge >= 0.3 is 0 Å². The van der Waals surface area contributed by atoms with Crippen molar-refractivity contribution in [3.8, 4) is 6.07 Å². The maximum Gasteiger partial charge on any atom is 0.255 e. The molecule has 2 fully saturated rings. The Morgan fingerprint density at radius 3 is 2.72 bits per heavy atom. The van der Waals surface area contributed by atoms with Gasteiger partial charge in [-0.25, -0.2) is 9.37 Å². The maximum atomic E-state index is 13.4. The normalized spacial score (nSPS) is 22.2. The molecule has 1 aromatic heterocycles. The van der Waals surface area contributed by atoms with Gasteiger partial charge in [0.1, 0.15) is 16.9 Å². The number of hydrogen-bond donors (Lipinski definition) is 3. The van der Waals surface area contributed by atoms with Crippen molar-refractivity contribution in [2.75, 3.05) is 31.1 Å². The van der Waals surface area contributed by atoms with Gasteiger partial charge in [0, 0.05) is 37.8 Å². The molecule has 3 N–H and O–H groups in total. The fourth-order valence-corrected chi connectivity index (χ4v) is 5.91. The van der Waals surface area contributed by atoms with Crippen molar-refractivity contribution >= 4 is 28.8 Å². The predicted molar refractivity (Wildman–Crippen MR) is 131 cm³/mol. The van der Waals surface area contributed by atoms with E-state index in [-0.39, 0.29) is 11.5 Å². The topological polar surface area (TPSA) is 130 Å². The van der Waals surface area contributed by atoms with Gasteiger partial charge in [-0.05, 0) is 56.7 Å². The van der Waals surface area contributed by atoms with Crippen LogP contribution in [-0.2, 0) is 15.1 Å². The maximum absolute atomic E-state index is 13.4. The largest absolute Gasteiger partial charge is 0.380 e. The highest BCUT2D eigenvalue weighted by Gasteiger charge is 2.46. The molecular formula is C25H30FN5O4S. The molecule has 4 rings (SSSR count). The van der Waals surface area contributed by atoms with Crippen LogP contribution in [0.1, 0.15) is 43.2 Å². The average Bonchev–Trinajstić information content (AvgIpc) is 3.57. The molecule has 11 heteroatoms. The highest BCUT2D eigenvalue weighted by atomic mass is 32.1. The lowest BCUT2D eigenvalue weighted by molar-refractivity contribution is -0.156. The number of nitrogens with one attached hydrogen (secondary N) is 1. The fourth-order valence-electron chi connectivity index (χ4n) is 5.07. The minimum absolute atomic E-state index is 0.128. The highest BCUT2D eigenvalue weighted by molar-refractivity contribution is 7.09. The quantitative estimate of drug-likeness (QED) is 0.512. The first-order valence-corrected chi connectivity index (χ1v) is 12.9. The first-order chi connectivity index (χ1) is 17.2. The SMILES string of the molecule is C[C@@]1(c2nccs2)CCCN1C(=O)[C@H](O)[C@@H](O)C(=O)NCC1CCN(c2ccc(F)cc2C#N)CC1. The number of carbonyl (C=O) groups is 2. The number of anilines is 1. The Labute approximate surface area is 213 Å². The summed E-state index contributed by atoms with van der Waals surface area (Å²) in [5, 5.41) is 35.5. The Morgan fingerprint density at radius 2 is 2.06 bits per heavy atom. The van der Waals surface area contributed by atoms with Crippen LogP contribution < -0.4 is 10.2 Å². The number of nitriles is 1. The predicted octanol–water partition coefficient (Wildman–Crippen LogP) is 1.75. The van der Waals surface area contributed by atoms with E-state index < -0.39 is 35.4 Å². The van der Waals surface area contributed by atoms with Gasteiger partial charge in [-0.1, -0.05) is 0 Å². The molecule has 1 aromatic carbocycles. The van der Waals surface area contributed by atoms with E-state index in [2.05, 4.69) is 10.3 Å². The van der Waals surface area contributed by atoms with Gasteiger partial charge in [-0.3, -0.25) is 9.59 Å². The Balaban J connectivity index is 1.28. The van der Waals surface area contributed by atoms with E-state index in [4.69, 9.17) is 0 Å². The van der Waals surface area contributed by atoms with Crippen LogP contribution in [0, 0.1) is 23.1 Å². The number of aromatic nitrogens is 1. The number of benzene rings is 1. The van der Waals surface area contributed by atoms with E-state index in [0.717, 1.165) is 24.3 Å². The molecule has 0 spiro atoms. The third-order valence-electron chi connectivity index (χ3n) is 7.22. The van der Waals surface area contributed by atoms with Crippen molar-refractivity contribution in [2.45, 2.75) is 50.4 Å². The molecule has 0 unspecified atom stereocenters. The zero-order valence-electron chi connectivity index (χ0n) is 20.1. The summed E-state index contributed by atoms with van der Waals surface area (Å²) in [6.07, 6.45) is 0.789. The monoisotopic (exact) mass is 515 g/mol. The van der Waals surface area contributed by atoms with E-state index in [1.807, 2.05) is 23.3 Å². The fraction of sp³-hybridized carbons (Fsp3) is 0.520. The lowest BCUT2D eigenvalue weighted by Crippen LogP contribution is -2.54. The number of likely N-dealkylation sites (tertiary alicyclic amines) is 1. The van der Waals surface area contributed by atoms with Crippen LogP contribution in [-0.4, -0.2) is 70.3 Å². The van der Waals surface area contributed by atoms with Gasteiger partial charge in [0.25, 0.3) is 11.8 Å². The molecule has 36 heavy (non-hydrogen) atoms. The summed E-state index contributed by atoms with van der Waals surface area (Å²) in [5.74, 6) is -1.81. The first-order valence-electron chi connectivity index (χ1n) is 12.0. The number of halogens is 1. The second-order valence-corrected chi connectivity index (χ2v) is 10.4. The number of amides is 2. The molecular weight excluding hydrogens is 485 g/mol. The van der Waals surface area contributed by atoms with Crippen LogP contribution in [0.25, 0.3) is 0 Å². The lowest BCUT2D eigenvalue weighted by Gasteiger charge is -2.35. The third-order valence-corrected chi connectivity index (χ3v) is 8.25. The molecule has 2 aromatic rings. The van der Waals surface area contributed by atoms with Crippen molar-refractivity contribution in [1.82, 2.24) is 15.2 Å². The number of aliphatic hydroxyl groups is 2. The van der Waals surface area contributed by atoms with Gasteiger partial charge in [-0.15, -0.1) is 11.3 Å². The molecule has 0 bridgehead atoms. The summed E-state index contributed by atoms with van der Waals surface area (Å²) < 4.78 is 13.4. The van der Waals surface area contributed by atoms with Crippen LogP contribution in [0.4, 0.5) is 10.1 Å². The lowest BCUT2D eigenvalue weighted by atomic mass is 9.95. The van der Waals surface area contributed by atoms with Crippen LogP contribution in [0.3, 0.4) is 0 Å². The number of rotatable bonds is 7. The first kappa shape index (κ1) is 26.0. The molecule has 3 atom stereocenters. The molecule has 0 aliphatic carbocycles. The second kappa shape index (κ2) is 10.9. The van der Waals surface area contributed by atoms with E-state index in [1.165, 1.54) is 28.4 Å². The van der Waals surface area contributed by atoms with Gasteiger partial charge < -0.3 is 25.3 Å². The number of hydrogen-bond acceptors (Lipinski definition) is 8. The van der Waals surface area contributed by atoms with E-state index in [9.17, 15) is 29.5 Å². The third kappa shape index (κ3) is 5.21. The molecule has 9 nitrogen and oxygen atoms in total. The second-order valence-electron chi connectivity index (χ2n) is 9.54. The smallest absolute Gasteiger partial charge is 0.255 e. The van der Waals surface area contributed by atoms with Gasteiger partial charge in [0.2, 0.25) is 0 Å². The molecule has 0 saturated carbocycles. The summed E-state index contributed by atoms with van der Waals surface area (Å²) in [7, 11) is 0. The Hall–Kier alpha value is -3.07. The van der Waals surface area contributed by atoms with E-state index >= 15 is 0 Å². The summed E-state index contributed by atoms with van der Waals surface area (Å²) in [4.78, 5) is 33.4. The van der Waals surface area contributed by atoms with Crippen molar-refractivity contribution in [3.05, 3.63) is 46.2 Å². The zero-order chi connectivity index (χ0) is 25.9. The number of carbonyl (C=O) groups excluding carboxylic acids is 2. The number of nitrogens with zero attached hydrogens (tertiary/aromatic N) is 4. The van der Waals surface area contributed by atoms with Crippen molar-refractivity contribution in [1.29, 1.82) is 5.26 Å². The Kier molecular flexibility index (Phi) is 7.88. The van der Waals surface area contributed by atoms with Crippen molar-refractivity contribution < 1.29 is 24.2 Å². The van der Waals surface area contributed by atoms with Gasteiger partial charge in [0.05, 0.1) is 16.8 Å². The summed E-state index contributed by atoms with van der Waals surface area (Å²) in [6, 6.07) is 6.18. The molecule has 192 valence electrons. The summed E-state index contributed by atoms with van der Waals surface area (Å²) >= 11 is 1.43. The van der Waals surface area contributed by atoms with Gasteiger partial charge in [-0.2, -0.15) is 5.26 Å². The average molecular weight is 516 g/mol. The van der Waals surface area contributed by atoms with Crippen LogP contribution in [0.5, 0.6) is 0 Å². The van der Waals surface area contributed by atoms with E-state index in [0.29, 0.717) is 38.3 Å². The van der Waals surface area contributed by atoms with Crippen molar-refractivity contribution in [3.63, 3.8) is 0 Å². The standard InChI is InChI=1S/C25H30FN5O4S/c1-25(24-28-8-12-36-24)7-2-9-31(25)23(35)21(33)20(32)22(34)29-15-16-5-10-30(11-6-16)19-4-3-18(26)13-17(19)14-27/h3-4,8,12-13,16,20-21,32-33H,2,5-7,9-11,15H2,1H3,(H,29,34)/t20-,21-,25+/m1/s1. The zero-order valence-corrected chi connectivity index (χ0v) is 20.9. The van der Waals surface area contributed by atoms with Crippen molar-refractivity contribution in [2.24, 2.45) is 5.92 Å². The highest BCUT2D eigenvalue weighted by Crippen LogP contribution is 2.40. The molecule has 2 aliphatic heterocycles. The van der Waals surface area contributed by atoms with Crippen LogP contribution >= 0.6 is 11.3 Å². The Morgan fingerprint density at radius 1 is 1.31 bits per heavy atom. The molecule has 2 aliphatic rings. The number of thiazole rings is 1. The molecule has 0 radical (unpaired) electrons. The van der Waals surface area contributed by atoms with Crippen LogP contribution in [0.2, 0.25) is 0 Å². The summed E-state index contributed by atoms with van der Waals surface area (Å²) in [6.45, 7) is 3.86. The minimum atomic E-state index is -1.88. The van der Waals surface area contributed by atoms with Gasteiger partial charge in [0.15, 0.2) is 12.2 Å². The number of aliphatic hydroxyl groups excluding tert-OH is 2. The Bertz CT molecular complexity index is 1130. The van der Waals surface area contributed by atoms with E-state index in [1.54, 1.807) is 12.3 Å². The van der Waals surface area contributed by atoms with Crippen LogP contribution in [0.15, 0.2) is 29.8 Å². The minimum Gasteiger partial charge on any atom is -0.380 e. The molecule has 3 heterocycles. The number of piperidine rings is 1. The molecule has 2 amide bonds.